The highest BCUT2D eigenvalue weighted by atomic mass is 16.4. The van der Waals surface area contributed by atoms with E-state index in [-0.39, 0.29) is 0 Å². The van der Waals surface area contributed by atoms with Gasteiger partial charge in [0.15, 0.2) is 0 Å². The van der Waals surface area contributed by atoms with E-state index in [0.29, 0.717) is 5.57 Å². The third-order valence-electron chi connectivity index (χ3n) is 2.81. The monoisotopic (exact) mass is 218 g/mol. The molecule has 1 N–H and O–H groups in total. The number of allylic oxidation sites excluding steroid dienone is 1. The van der Waals surface area contributed by atoms with E-state index in [1.54, 1.807) is 6.92 Å². The highest BCUT2D eigenvalue weighted by Crippen LogP contribution is 2.19. The van der Waals surface area contributed by atoms with E-state index in [0.717, 1.165) is 24.0 Å². The third-order valence-corrected chi connectivity index (χ3v) is 2.81. The summed E-state index contributed by atoms with van der Waals surface area (Å²) in [6.45, 7) is 5.63. The molecule has 0 heterocycles. The molecule has 1 aromatic rings. The molecular formula is C14H18O2. The van der Waals surface area contributed by atoms with Crippen LogP contribution in [0.3, 0.4) is 0 Å². The maximum atomic E-state index is 10.8. The van der Waals surface area contributed by atoms with Crippen LogP contribution in [0.25, 0.3) is 5.57 Å². The molecule has 1 aromatic carbocycles. The van der Waals surface area contributed by atoms with Crippen LogP contribution in [-0.4, -0.2) is 11.1 Å². The fourth-order valence-electron chi connectivity index (χ4n) is 1.59. The Morgan fingerprint density at radius 1 is 1.19 bits per heavy atom. The summed E-state index contributed by atoms with van der Waals surface area (Å²) in [6.07, 6.45) is 2.20. The van der Waals surface area contributed by atoms with Crippen LogP contribution in [0.5, 0.6) is 0 Å². The molecule has 0 radical (unpaired) electrons. The minimum absolute atomic E-state index is 0.406. The van der Waals surface area contributed by atoms with Crippen LogP contribution < -0.4 is 0 Å². The summed E-state index contributed by atoms with van der Waals surface area (Å²) in [6, 6.07) is 8.12. The summed E-state index contributed by atoms with van der Waals surface area (Å²) in [5.74, 6) is -0.852. The quantitative estimate of drug-likeness (QED) is 0.785. The lowest BCUT2D eigenvalue weighted by atomic mass is 10.00. The van der Waals surface area contributed by atoms with E-state index in [1.165, 1.54) is 5.56 Å². The molecule has 0 aliphatic rings. The Hall–Kier alpha value is -1.57. The SMILES string of the molecule is CCCc1ccc(C(C)=C(C)C(=O)O)cc1. The number of rotatable bonds is 4. The lowest BCUT2D eigenvalue weighted by molar-refractivity contribution is -0.132. The lowest BCUT2D eigenvalue weighted by Crippen LogP contribution is -1.99. The van der Waals surface area contributed by atoms with Crippen molar-refractivity contribution >= 4 is 11.5 Å². The zero-order valence-corrected chi connectivity index (χ0v) is 10.1. The second kappa shape index (κ2) is 5.50. The number of aliphatic carboxylic acids is 1. The number of carbonyl (C=O) groups is 1. The van der Waals surface area contributed by atoms with Gasteiger partial charge in [-0.3, -0.25) is 0 Å². The van der Waals surface area contributed by atoms with Crippen LogP contribution >= 0.6 is 0 Å². The topological polar surface area (TPSA) is 37.3 Å². The van der Waals surface area contributed by atoms with Gasteiger partial charge in [0.05, 0.1) is 0 Å². The van der Waals surface area contributed by atoms with Gasteiger partial charge in [-0.25, -0.2) is 4.79 Å². The van der Waals surface area contributed by atoms with Gasteiger partial charge >= 0.3 is 5.97 Å². The van der Waals surface area contributed by atoms with Gasteiger partial charge < -0.3 is 5.11 Å². The molecule has 2 heteroatoms. The highest BCUT2D eigenvalue weighted by Gasteiger charge is 2.06. The van der Waals surface area contributed by atoms with Gasteiger partial charge in [0.25, 0.3) is 0 Å². The molecule has 0 amide bonds. The average Bonchev–Trinajstić information content (AvgIpc) is 2.28. The van der Waals surface area contributed by atoms with E-state index in [1.807, 2.05) is 19.1 Å². The summed E-state index contributed by atoms with van der Waals surface area (Å²) in [7, 11) is 0. The third kappa shape index (κ3) is 2.96. The van der Waals surface area contributed by atoms with Gasteiger partial charge in [-0.15, -0.1) is 0 Å². The van der Waals surface area contributed by atoms with Gasteiger partial charge in [0.2, 0.25) is 0 Å². The number of carboxylic acids is 1. The zero-order chi connectivity index (χ0) is 12.1. The minimum atomic E-state index is -0.852. The summed E-state index contributed by atoms with van der Waals surface area (Å²) >= 11 is 0. The Balaban J connectivity index is 2.98. The smallest absolute Gasteiger partial charge is 0.331 e. The number of hydrogen-bond donors (Lipinski definition) is 1. The van der Waals surface area contributed by atoms with Crippen molar-refractivity contribution in [3.8, 4) is 0 Å². The molecule has 0 atom stereocenters. The van der Waals surface area contributed by atoms with Crippen molar-refractivity contribution in [2.75, 3.05) is 0 Å². The zero-order valence-electron chi connectivity index (χ0n) is 10.1. The largest absolute Gasteiger partial charge is 0.478 e. The molecule has 0 aliphatic heterocycles. The van der Waals surface area contributed by atoms with Gasteiger partial charge in [-0.1, -0.05) is 37.6 Å². The lowest BCUT2D eigenvalue weighted by Gasteiger charge is -2.06. The van der Waals surface area contributed by atoms with Crippen LogP contribution in [-0.2, 0) is 11.2 Å². The fourth-order valence-corrected chi connectivity index (χ4v) is 1.59. The molecule has 2 nitrogen and oxygen atoms in total. The molecular weight excluding hydrogens is 200 g/mol. The first-order valence-electron chi connectivity index (χ1n) is 5.56. The molecule has 0 saturated heterocycles. The average molecular weight is 218 g/mol. The maximum absolute atomic E-state index is 10.8. The Kier molecular flexibility index (Phi) is 4.29. The fraction of sp³-hybridized carbons (Fsp3) is 0.357. The number of aryl methyl sites for hydroxylation is 1. The first-order valence-corrected chi connectivity index (χ1v) is 5.56. The standard InChI is InChI=1S/C14H18O2/c1-4-5-12-6-8-13(9-7-12)10(2)11(3)14(15)16/h6-9H,4-5H2,1-3H3,(H,15,16). The van der Waals surface area contributed by atoms with Crippen molar-refractivity contribution in [3.05, 3.63) is 41.0 Å². The molecule has 0 fully saturated rings. The summed E-state index contributed by atoms with van der Waals surface area (Å²) in [5, 5.41) is 8.89. The van der Waals surface area contributed by atoms with E-state index in [9.17, 15) is 4.79 Å². The molecule has 16 heavy (non-hydrogen) atoms. The molecule has 0 bridgehead atoms. The first kappa shape index (κ1) is 12.5. The molecule has 0 spiro atoms. The molecule has 0 aromatic heterocycles. The number of hydrogen-bond acceptors (Lipinski definition) is 1. The van der Waals surface area contributed by atoms with E-state index < -0.39 is 5.97 Å². The van der Waals surface area contributed by atoms with Gasteiger partial charge in [0, 0.05) is 5.57 Å². The van der Waals surface area contributed by atoms with Crippen molar-refractivity contribution in [1.82, 2.24) is 0 Å². The second-order valence-corrected chi connectivity index (χ2v) is 4.00. The van der Waals surface area contributed by atoms with Crippen molar-refractivity contribution in [1.29, 1.82) is 0 Å². The summed E-state index contributed by atoms with van der Waals surface area (Å²) in [4.78, 5) is 10.8. The van der Waals surface area contributed by atoms with E-state index in [4.69, 9.17) is 5.11 Å². The van der Waals surface area contributed by atoms with E-state index in [2.05, 4.69) is 19.1 Å². The highest BCUT2D eigenvalue weighted by molar-refractivity contribution is 5.95. The molecule has 0 unspecified atom stereocenters. The van der Waals surface area contributed by atoms with Crippen molar-refractivity contribution in [2.45, 2.75) is 33.6 Å². The Labute approximate surface area is 96.6 Å². The van der Waals surface area contributed by atoms with Gasteiger partial charge in [-0.2, -0.15) is 0 Å². The molecule has 1 rings (SSSR count). The van der Waals surface area contributed by atoms with Crippen LogP contribution in [0.4, 0.5) is 0 Å². The van der Waals surface area contributed by atoms with Crippen LogP contribution in [0, 0.1) is 0 Å². The normalized spacial score (nSPS) is 12.2. The Bertz CT molecular complexity index is 399. The summed E-state index contributed by atoms with van der Waals surface area (Å²) < 4.78 is 0. The molecule has 0 aliphatic carbocycles. The minimum Gasteiger partial charge on any atom is -0.478 e. The van der Waals surface area contributed by atoms with Gasteiger partial charge in [0.1, 0.15) is 0 Å². The molecule has 0 saturated carbocycles. The van der Waals surface area contributed by atoms with Crippen molar-refractivity contribution < 1.29 is 9.90 Å². The van der Waals surface area contributed by atoms with Crippen molar-refractivity contribution in [3.63, 3.8) is 0 Å². The van der Waals surface area contributed by atoms with Crippen LogP contribution in [0.2, 0.25) is 0 Å². The van der Waals surface area contributed by atoms with Crippen LogP contribution in [0.15, 0.2) is 29.8 Å². The van der Waals surface area contributed by atoms with Gasteiger partial charge in [-0.05, 0) is 37.0 Å². The Morgan fingerprint density at radius 2 is 1.75 bits per heavy atom. The second-order valence-electron chi connectivity index (χ2n) is 4.00. The number of carboxylic acid groups (broad SMARTS) is 1. The first-order chi connectivity index (χ1) is 7.56. The maximum Gasteiger partial charge on any atom is 0.331 e. The number of benzene rings is 1. The van der Waals surface area contributed by atoms with E-state index >= 15 is 0 Å². The van der Waals surface area contributed by atoms with Crippen LogP contribution in [0.1, 0.15) is 38.3 Å². The molecule has 86 valence electrons. The summed E-state index contributed by atoms with van der Waals surface area (Å²) in [5.41, 5.74) is 3.52. The van der Waals surface area contributed by atoms with Crippen molar-refractivity contribution in [2.24, 2.45) is 0 Å². The Morgan fingerprint density at radius 3 is 2.19 bits per heavy atom. The predicted molar refractivity (Wildman–Crippen MR) is 66.3 cm³/mol. The predicted octanol–water partition coefficient (Wildman–Crippen LogP) is 3.52.